The summed E-state index contributed by atoms with van der Waals surface area (Å²) in [4.78, 5) is 4.37. The number of nitrogens with zero attached hydrogens (tertiary/aromatic N) is 1. The molecule has 2 aromatic rings. The highest BCUT2D eigenvalue weighted by molar-refractivity contribution is 8.17. The summed E-state index contributed by atoms with van der Waals surface area (Å²) < 4.78 is 5.18. The second kappa shape index (κ2) is 8.08. The smallest absolute Gasteiger partial charge is 0.118 e. The Morgan fingerprint density at radius 1 is 1.09 bits per heavy atom. The SMILES string of the molecule is COc1ccc([C@@H](O)[C@H](Sc2ccccn2)SC(C)(C)C)cc1. The van der Waals surface area contributed by atoms with Crippen molar-refractivity contribution >= 4 is 23.5 Å². The van der Waals surface area contributed by atoms with Gasteiger partial charge in [0.05, 0.1) is 16.7 Å². The zero-order valence-corrected chi connectivity index (χ0v) is 15.5. The third-order valence-electron chi connectivity index (χ3n) is 3.06. The van der Waals surface area contributed by atoms with Crippen molar-refractivity contribution in [2.45, 2.75) is 41.2 Å². The van der Waals surface area contributed by atoms with Crippen LogP contribution in [0, 0.1) is 0 Å². The van der Waals surface area contributed by atoms with Gasteiger partial charge in [-0.15, -0.1) is 11.8 Å². The van der Waals surface area contributed by atoms with Crippen molar-refractivity contribution in [3.05, 3.63) is 54.2 Å². The van der Waals surface area contributed by atoms with E-state index in [0.29, 0.717) is 0 Å². The minimum atomic E-state index is -0.586. The largest absolute Gasteiger partial charge is 0.497 e. The van der Waals surface area contributed by atoms with Crippen LogP contribution < -0.4 is 4.74 Å². The molecule has 0 saturated heterocycles. The summed E-state index contributed by atoms with van der Waals surface area (Å²) in [6, 6.07) is 13.4. The lowest BCUT2D eigenvalue weighted by Gasteiger charge is -2.29. The summed E-state index contributed by atoms with van der Waals surface area (Å²) in [7, 11) is 1.64. The van der Waals surface area contributed by atoms with Gasteiger partial charge in [0, 0.05) is 10.9 Å². The molecule has 0 aliphatic carbocycles. The van der Waals surface area contributed by atoms with E-state index in [0.717, 1.165) is 16.3 Å². The van der Waals surface area contributed by atoms with Crippen LogP contribution in [0.25, 0.3) is 0 Å². The number of aliphatic hydroxyl groups is 1. The highest BCUT2D eigenvalue weighted by Crippen LogP contribution is 2.44. The topological polar surface area (TPSA) is 42.4 Å². The second-order valence-electron chi connectivity index (χ2n) is 6.10. The number of aromatic nitrogens is 1. The number of pyridine rings is 1. The number of benzene rings is 1. The molecule has 1 N–H and O–H groups in total. The molecule has 0 unspecified atom stereocenters. The molecule has 1 aromatic heterocycles. The van der Waals surface area contributed by atoms with Crippen molar-refractivity contribution in [3.8, 4) is 5.75 Å². The Bertz CT molecular complexity index is 597. The lowest BCUT2D eigenvalue weighted by atomic mass is 10.1. The molecule has 1 aromatic carbocycles. The highest BCUT2D eigenvalue weighted by Gasteiger charge is 2.28. The Labute approximate surface area is 146 Å². The summed E-state index contributed by atoms with van der Waals surface area (Å²) >= 11 is 3.35. The molecular formula is C18H23NO2S2. The highest BCUT2D eigenvalue weighted by atomic mass is 32.2. The van der Waals surface area contributed by atoms with Crippen LogP contribution in [0.15, 0.2) is 53.7 Å². The van der Waals surface area contributed by atoms with E-state index in [1.807, 2.05) is 42.5 Å². The van der Waals surface area contributed by atoms with Crippen LogP contribution in [0.5, 0.6) is 5.75 Å². The van der Waals surface area contributed by atoms with Crippen LogP contribution in [-0.2, 0) is 0 Å². The molecule has 0 fully saturated rings. The van der Waals surface area contributed by atoms with Crippen LogP contribution in [0.3, 0.4) is 0 Å². The first-order valence-corrected chi connectivity index (χ1v) is 9.22. The second-order valence-corrected chi connectivity index (χ2v) is 9.53. The van der Waals surface area contributed by atoms with Gasteiger partial charge in [0.1, 0.15) is 11.9 Å². The third-order valence-corrected chi connectivity index (χ3v) is 5.81. The maximum absolute atomic E-state index is 10.9. The van der Waals surface area contributed by atoms with E-state index in [1.165, 1.54) is 0 Å². The van der Waals surface area contributed by atoms with Gasteiger partial charge >= 0.3 is 0 Å². The lowest BCUT2D eigenvalue weighted by Crippen LogP contribution is -2.19. The summed E-state index contributed by atoms with van der Waals surface area (Å²) in [5.74, 6) is 0.790. The first kappa shape index (κ1) is 18.2. The van der Waals surface area contributed by atoms with Crippen molar-refractivity contribution in [2.75, 3.05) is 7.11 Å². The Morgan fingerprint density at radius 2 is 1.78 bits per heavy atom. The van der Waals surface area contributed by atoms with Gasteiger partial charge in [-0.2, -0.15) is 0 Å². The number of aliphatic hydroxyl groups excluding tert-OH is 1. The number of hydrogen-bond acceptors (Lipinski definition) is 5. The molecule has 0 bridgehead atoms. The average Bonchev–Trinajstić information content (AvgIpc) is 2.53. The molecule has 3 nitrogen and oxygen atoms in total. The lowest BCUT2D eigenvalue weighted by molar-refractivity contribution is 0.195. The Kier molecular flexibility index (Phi) is 6.39. The van der Waals surface area contributed by atoms with Crippen molar-refractivity contribution in [3.63, 3.8) is 0 Å². The quantitative estimate of drug-likeness (QED) is 0.601. The number of ether oxygens (including phenoxy) is 1. The Balaban J connectivity index is 2.20. The fourth-order valence-corrected chi connectivity index (χ4v) is 5.14. The number of rotatable bonds is 6. The molecule has 0 saturated carbocycles. The molecule has 0 aliphatic heterocycles. The molecule has 124 valence electrons. The molecule has 0 spiro atoms. The Hall–Kier alpha value is -1.17. The van der Waals surface area contributed by atoms with Gasteiger partial charge in [0.15, 0.2) is 0 Å². The van der Waals surface area contributed by atoms with Gasteiger partial charge in [-0.25, -0.2) is 4.98 Å². The molecule has 2 rings (SSSR count). The molecule has 0 amide bonds. The summed E-state index contributed by atoms with van der Waals surface area (Å²) in [6.07, 6.45) is 1.19. The maximum atomic E-state index is 10.9. The van der Waals surface area contributed by atoms with E-state index in [4.69, 9.17) is 4.74 Å². The number of methoxy groups -OCH3 is 1. The molecule has 0 aliphatic rings. The minimum absolute atomic E-state index is 0.0416. The predicted molar refractivity (Wildman–Crippen MR) is 99.2 cm³/mol. The monoisotopic (exact) mass is 349 g/mol. The summed E-state index contributed by atoms with van der Waals surface area (Å²) in [6.45, 7) is 6.47. The molecule has 2 atom stereocenters. The molecule has 5 heteroatoms. The first-order chi connectivity index (χ1) is 10.9. The van der Waals surface area contributed by atoms with Gasteiger partial charge < -0.3 is 9.84 Å². The van der Waals surface area contributed by atoms with Gasteiger partial charge in [-0.3, -0.25) is 0 Å². The van der Waals surface area contributed by atoms with Crippen molar-refractivity contribution in [2.24, 2.45) is 0 Å². The van der Waals surface area contributed by atoms with E-state index in [9.17, 15) is 5.11 Å². The molecular weight excluding hydrogens is 326 g/mol. The van der Waals surface area contributed by atoms with E-state index in [1.54, 1.807) is 36.8 Å². The van der Waals surface area contributed by atoms with Gasteiger partial charge in [0.2, 0.25) is 0 Å². The molecule has 23 heavy (non-hydrogen) atoms. The predicted octanol–water partition coefficient (Wildman–Crippen LogP) is 4.77. The molecule has 1 heterocycles. The number of thioether (sulfide) groups is 2. The maximum Gasteiger partial charge on any atom is 0.118 e. The van der Waals surface area contributed by atoms with Gasteiger partial charge in [0.25, 0.3) is 0 Å². The van der Waals surface area contributed by atoms with Crippen molar-refractivity contribution < 1.29 is 9.84 Å². The number of hydrogen-bond donors (Lipinski definition) is 1. The minimum Gasteiger partial charge on any atom is -0.497 e. The zero-order chi connectivity index (χ0) is 16.9. The van der Waals surface area contributed by atoms with E-state index in [2.05, 4.69) is 25.8 Å². The first-order valence-electron chi connectivity index (χ1n) is 7.46. The van der Waals surface area contributed by atoms with Crippen LogP contribution in [0.1, 0.15) is 32.4 Å². The van der Waals surface area contributed by atoms with Gasteiger partial charge in [-0.05, 0) is 29.8 Å². The fraction of sp³-hybridized carbons (Fsp3) is 0.389. The standard InChI is InChI=1S/C18H23NO2S2/c1-18(2,3)23-17(22-15-7-5-6-12-19-15)16(20)13-8-10-14(21-4)11-9-13/h5-12,16-17,20H,1-4H3/t16-,17-/m1/s1. The zero-order valence-electron chi connectivity index (χ0n) is 13.9. The third kappa shape index (κ3) is 5.75. The normalized spacial score (nSPS) is 14.3. The summed E-state index contributed by atoms with van der Waals surface area (Å²) in [5.41, 5.74) is 0.885. The fourth-order valence-electron chi connectivity index (χ4n) is 2.00. The van der Waals surface area contributed by atoms with Crippen molar-refractivity contribution in [1.29, 1.82) is 0 Å². The van der Waals surface area contributed by atoms with Gasteiger partial charge in [-0.1, -0.05) is 50.7 Å². The van der Waals surface area contributed by atoms with Crippen LogP contribution >= 0.6 is 23.5 Å². The van der Waals surface area contributed by atoms with Crippen molar-refractivity contribution in [1.82, 2.24) is 4.98 Å². The van der Waals surface area contributed by atoms with Crippen LogP contribution in [-0.4, -0.2) is 26.5 Å². The van der Waals surface area contributed by atoms with Crippen LogP contribution in [0.4, 0.5) is 0 Å². The summed E-state index contributed by atoms with van der Waals surface area (Å²) in [5, 5.41) is 11.8. The Morgan fingerprint density at radius 3 is 2.30 bits per heavy atom. The average molecular weight is 350 g/mol. The van der Waals surface area contributed by atoms with E-state index in [-0.39, 0.29) is 9.33 Å². The van der Waals surface area contributed by atoms with E-state index >= 15 is 0 Å². The van der Waals surface area contributed by atoms with E-state index < -0.39 is 6.10 Å². The van der Waals surface area contributed by atoms with Crippen LogP contribution in [0.2, 0.25) is 0 Å². The molecule has 0 radical (unpaired) electrons.